The van der Waals surface area contributed by atoms with Crippen molar-refractivity contribution in [3.05, 3.63) is 34.9 Å². The predicted octanol–water partition coefficient (Wildman–Crippen LogP) is 5.72. The van der Waals surface area contributed by atoms with Crippen LogP contribution in [-0.4, -0.2) is 46.5 Å². The summed E-state index contributed by atoms with van der Waals surface area (Å²) in [5, 5.41) is 6.12. The molecule has 1 aromatic rings. The molecule has 2 unspecified atom stereocenters. The average Bonchev–Trinajstić information content (AvgIpc) is 2.76. The van der Waals surface area contributed by atoms with Gasteiger partial charge >= 0.3 is 6.09 Å². The van der Waals surface area contributed by atoms with Crippen LogP contribution >= 0.6 is 0 Å². The van der Waals surface area contributed by atoms with E-state index in [9.17, 15) is 14.4 Å². The molecule has 0 aromatic heterocycles. The Morgan fingerprint density at radius 1 is 0.973 bits per heavy atom. The molecule has 0 spiro atoms. The molecule has 3 rings (SSSR count). The molecule has 206 valence electrons. The van der Waals surface area contributed by atoms with E-state index in [-0.39, 0.29) is 29.8 Å². The van der Waals surface area contributed by atoms with E-state index in [0.717, 1.165) is 61.6 Å². The molecular formula is C30H47N3O4. The number of carbonyl (C=O) groups excluding carboxylic acids is 3. The third kappa shape index (κ3) is 7.71. The Morgan fingerprint density at radius 2 is 1.62 bits per heavy atom. The minimum absolute atomic E-state index is 0.0444. The highest BCUT2D eigenvalue weighted by Crippen LogP contribution is 2.36. The van der Waals surface area contributed by atoms with Crippen LogP contribution in [0.1, 0.15) is 109 Å². The van der Waals surface area contributed by atoms with Gasteiger partial charge in [-0.05, 0) is 83.8 Å². The SMILES string of the molecule is Cc1ccc(C(C(=O)NC2CCCCC2)N(C(=O)C(NC(=O)OC(C)(C)C)C(C)C)C2CCC2)c(C)c1. The maximum atomic E-state index is 14.3. The Kier molecular flexibility index (Phi) is 9.65. The zero-order valence-corrected chi connectivity index (χ0v) is 23.9. The summed E-state index contributed by atoms with van der Waals surface area (Å²) >= 11 is 0. The van der Waals surface area contributed by atoms with E-state index in [1.165, 1.54) is 6.42 Å². The van der Waals surface area contributed by atoms with E-state index < -0.39 is 23.8 Å². The van der Waals surface area contributed by atoms with Crippen molar-refractivity contribution >= 4 is 17.9 Å². The number of nitrogens with one attached hydrogen (secondary N) is 2. The van der Waals surface area contributed by atoms with Gasteiger partial charge in [0.25, 0.3) is 0 Å². The molecule has 2 aliphatic carbocycles. The van der Waals surface area contributed by atoms with E-state index in [2.05, 4.69) is 16.7 Å². The summed E-state index contributed by atoms with van der Waals surface area (Å²) in [5.41, 5.74) is 2.27. The van der Waals surface area contributed by atoms with Crippen molar-refractivity contribution in [2.75, 3.05) is 0 Å². The standard InChI is InChI=1S/C30H47N3O4/c1-19(2)25(32-29(36)37-30(5,6)7)28(35)33(23-14-11-15-23)26(24-17-16-20(3)18-21(24)4)27(34)31-22-12-9-8-10-13-22/h16-19,22-23,25-26H,8-15H2,1-7H3,(H,31,34)(H,32,36). The first-order valence-corrected chi connectivity index (χ1v) is 14.1. The minimum Gasteiger partial charge on any atom is -0.444 e. The molecule has 2 N–H and O–H groups in total. The maximum Gasteiger partial charge on any atom is 0.408 e. The van der Waals surface area contributed by atoms with Gasteiger partial charge in [-0.3, -0.25) is 9.59 Å². The summed E-state index contributed by atoms with van der Waals surface area (Å²) in [6.07, 6.45) is 7.45. The first kappa shape index (κ1) is 29.0. The third-order valence-electron chi connectivity index (χ3n) is 7.53. The lowest BCUT2D eigenvalue weighted by molar-refractivity contribution is -0.148. The summed E-state index contributed by atoms with van der Waals surface area (Å²) < 4.78 is 5.47. The second-order valence-electron chi connectivity index (χ2n) is 12.3. The van der Waals surface area contributed by atoms with Crippen molar-refractivity contribution in [1.29, 1.82) is 0 Å². The minimum atomic E-state index is -0.800. The van der Waals surface area contributed by atoms with Crippen LogP contribution in [0, 0.1) is 19.8 Å². The number of alkyl carbamates (subject to hydrolysis) is 1. The number of hydrogen-bond donors (Lipinski definition) is 2. The highest BCUT2D eigenvalue weighted by Gasteiger charge is 2.43. The Labute approximate surface area is 223 Å². The van der Waals surface area contributed by atoms with Gasteiger partial charge in [-0.25, -0.2) is 4.79 Å². The summed E-state index contributed by atoms with van der Waals surface area (Å²) in [5.74, 6) is -0.531. The van der Waals surface area contributed by atoms with Crippen molar-refractivity contribution in [1.82, 2.24) is 15.5 Å². The molecule has 0 radical (unpaired) electrons. The van der Waals surface area contributed by atoms with Crippen LogP contribution in [0.4, 0.5) is 4.79 Å². The number of amides is 3. The maximum absolute atomic E-state index is 14.3. The van der Waals surface area contributed by atoms with E-state index in [0.29, 0.717) is 0 Å². The van der Waals surface area contributed by atoms with Crippen molar-refractivity contribution in [2.45, 2.75) is 130 Å². The third-order valence-corrected chi connectivity index (χ3v) is 7.53. The van der Waals surface area contributed by atoms with Crippen molar-refractivity contribution in [3.8, 4) is 0 Å². The van der Waals surface area contributed by atoms with E-state index in [4.69, 9.17) is 4.74 Å². The number of hydrogen-bond acceptors (Lipinski definition) is 4. The van der Waals surface area contributed by atoms with Crippen molar-refractivity contribution < 1.29 is 19.1 Å². The molecule has 0 heterocycles. The lowest BCUT2D eigenvalue weighted by Crippen LogP contribution is -2.59. The fourth-order valence-corrected chi connectivity index (χ4v) is 5.37. The molecule has 2 fully saturated rings. The molecule has 2 atom stereocenters. The molecule has 2 aliphatic rings. The molecule has 3 amide bonds. The molecule has 0 bridgehead atoms. The summed E-state index contributed by atoms with van der Waals surface area (Å²) in [6.45, 7) is 13.2. The molecule has 0 saturated heterocycles. The van der Waals surface area contributed by atoms with Gasteiger partial charge in [0, 0.05) is 12.1 Å². The van der Waals surface area contributed by atoms with Gasteiger partial charge in [-0.1, -0.05) is 56.9 Å². The quantitative estimate of drug-likeness (QED) is 0.465. The summed E-state index contributed by atoms with van der Waals surface area (Å²) in [6, 6.07) is 4.60. The molecule has 7 heteroatoms. The highest BCUT2D eigenvalue weighted by molar-refractivity contribution is 5.93. The number of ether oxygens (including phenoxy) is 1. The van der Waals surface area contributed by atoms with E-state index >= 15 is 0 Å². The first-order chi connectivity index (χ1) is 17.4. The largest absolute Gasteiger partial charge is 0.444 e. The lowest BCUT2D eigenvalue weighted by atomic mass is 9.86. The molecule has 7 nitrogen and oxygen atoms in total. The second kappa shape index (κ2) is 12.3. The normalized spacial score (nSPS) is 18.5. The average molecular weight is 514 g/mol. The van der Waals surface area contributed by atoms with Gasteiger partial charge in [0.2, 0.25) is 11.8 Å². The van der Waals surface area contributed by atoms with Crippen LogP contribution in [-0.2, 0) is 14.3 Å². The molecular weight excluding hydrogens is 466 g/mol. The Bertz CT molecular complexity index is 958. The van der Waals surface area contributed by atoms with Gasteiger partial charge in [0.15, 0.2) is 0 Å². The fourth-order valence-electron chi connectivity index (χ4n) is 5.37. The zero-order valence-electron chi connectivity index (χ0n) is 23.9. The Morgan fingerprint density at radius 3 is 2.14 bits per heavy atom. The van der Waals surface area contributed by atoms with Crippen molar-refractivity contribution in [3.63, 3.8) is 0 Å². The predicted molar refractivity (Wildman–Crippen MR) is 146 cm³/mol. The van der Waals surface area contributed by atoms with E-state index in [1.807, 2.05) is 39.8 Å². The smallest absolute Gasteiger partial charge is 0.408 e. The second-order valence-corrected chi connectivity index (χ2v) is 12.3. The van der Waals surface area contributed by atoms with Gasteiger partial charge in [-0.15, -0.1) is 0 Å². The fraction of sp³-hybridized carbons (Fsp3) is 0.700. The number of nitrogens with zero attached hydrogens (tertiary/aromatic N) is 1. The summed E-state index contributed by atoms with van der Waals surface area (Å²) in [7, 11) is 0. The first-order valence-electron chi connectivity index (χ1n) is 14.1. The topological polar surface area (TPSA) is 87.7 Å². The number of benzene rings is 1. The van der Waals surface area contributed by atoms with Crippen LogP contribution in [0.25, 0.3) is 0 Å². The van der Waals surface area contributed by atoms with Crippen LogP contribution in [0.3, 0.4) is 0 Å². The summed E-state index contributed by atoms with van der Waals surface area (Å²) in [4.78, 5) is 42.8. The Balaban J connectivity index is 1.99. The van der Waals surface area contributed by atoms with Gasteiger partial charge in [-0.2, -0.15) is 0 Å². The number of carbonyl (C=O) groups is 3. The monoisotopic (exact) mass is 513 g/mol. The van der Waals surface area contributed by atoms with Gasteiger partial charge in [0.1, 0.15) is 17.7 Å². The number of rotatable bonds is 8. The lowest BCUT2D eigenvalue weighted by Gasteiger charge is -2.44. The molecule has 0 aliphatic heterocycles. The molecule has 2 saturated carbocycles. The van der Waals surface area contributed by atoms with Gasteiger partial charge in [0.05, 0.1) is 0 Å². The zero-order chi connectivity index (χ0) is 27.3. The Hall–Kier alpha value is -2.57. The van der Waals surface area contributed by atoms with Gasteiger partial charge < -0.3 is 20.3 Å². The van der Waals surface area contributed by atoms with Crippen molar-refractivity contribution in [2.24, 2.45) is 5.92 Å². The molecule has 37 heavy (non-hydrogen) atoms. The van der Waals surface area contributed by atoms with Crippen LogP contribution in [0.2, 0.25) is 0 Å². The van der Waals surface area contributed by atoms with E-state index in [1.54, 1.807) is 25.7 Å². The van der Waals surface area contributed by atoms with Crippen LogP contribution in [0.15, 0.2) is 18.2 Å². The van der Waals surface area contributed by atoms with Crippen LogP contribution in [0.5, 0.6) is 0 Å². The number of aryl methyl sites for hydroxylation is 2. The highest BCUT2D eigenvalue weighted by atomic mass is 16.6. The molecule has 1 aromatic carbocycles. The van der Waals surface area contributed by atoms with Crippen LogP contribution < -0.4 is 10.6 Å².